The van der Waals surface area contributed by atoms with Gasteiger partial charge in [-0.25, -0.2) is 0 Å². The van der Waals surface area contributed by atoms with E-state index in [1.54, 1.807) is 20.8 Å². The molecule has 8 heteroatoms. The van der Waals surface area contributed by atoms with E-state index in [9.17, 15) is 4.79 Å². The fraction of sp³-hybridized carbons (Fsp3) is 0.304. The molecule has 0 aliphatic carbocycles. The van der Waals surface area contributed by atoms with E-state index in [-0.39, 0.29) is 5.56 Å². The molecule has 2 N–H and O–H groups in total. The number of benzene rings is 2. The molecule has 0 bridgehead atoms. The summed E-state index contributed by atoms with van der Waals surface area (Å²) in [4.78, 5) is 20.4. The minimum absolute atomic E-state index is 0.0284. The van der Waals surface area contributed by atoms with Crippen molar-refractivity contribution in [3.05, 3.63) is 68.7 Å². The van der Waals surface area contributed by atoms with Gasteiger partial charge < -0.3 is 14.8 Å². The Morgan fingerprint density at radius 2 is 1.94 bits per heavy atom. The van der Waals surface area contributed by atoms with Crippen LogP contribution in [0.4, 0.5) is 5.69 Å². The van der Waals surface area contributed by atoms with Crippen molar-refractivity contribution in [2.24, 2.45) is 0 Å². The van der Waals surface area contributed by atoms with Gasteiger partial charge in [-0.1, -0.05) is 35.9 Å². The Morgan fingerprint density at radius 3 is 2.74 bits per heavy atom. The molecule has 2 aromatic heterocycles. The minimum Gasteiger partial charge on any atom is -0.360 e. The number of nitrogens with zero attached hydrogens (tertiary/aromatic N) is 2. The lowest BCUT2D eigenvalue weighted by Crippen LogP contribution is -3.14. The Kier molecular flexibility index (Phi) is 5.84. The quantitative estimate of drug-likeness (QED) is 0.436. The summed E-state index contributed by atoms with van der Waals surface area (Å²) in [6.45, 7) is 5.90. The molecular weight excluding hydrogens is 448 g/mol. The Morgan fingerprint density at radius 1 is 1.13 bits per heavy atom. The second-order valence-electron chi connectivity index (χ2n) is 8.01. The molecule has 0 unspecified atom stereocenters. The summed E-state index contributed by atoms with van der Waals surface area (Å²) >= 11 is 13.2. The summed E-state index contributed by atoms with van der Waals surface area (Å²) < 4.78 is 4.12. The molecule has 1 aliphatic heterocycles. The number of rotatable bonds is 5. The van der Waals surface area contributed by atoms with Gasteiger partial charge in [0.05, 0.1) is 38.2 Å². The van der Waals surface area contributed by atoms with E-state index in [0.29, 0.717) is 11.3 Å². The maximum atomic E-state index is 13.1. The lowest BCUT2D eigenvalue weighted by atomic mass is 10.2. The third kappa shape index (κ3) is 4.15. The number of nitrogens with one attached hydrogen (secondary N) is 2. The summed E-state index contributed by atoms with van der Waals surface area (Å²) in [6, 6.07) is 16.1. The van der Waals surface area contributed by atoms with E-state index in [0.717, 1.165) is 64.5 Å². The number of hydrogen-bond donors (Lipinski definition) is 2. The van der Waals surface area contributed by atoms with Crippen molar-refractivity contribution in [1.82, 2.24) is 9.55 Å². The van der Waals surface area contributed by atoms with Crippen LogP contribution in [-0.2, 0) is 6.54 Å². The number of aromatic nitrogens is 2. The van der Waals surface area contributed by atoms with E-state index >= 15 is 0 Å². The van der Waals surface area contributed by atoms with Gasteiger partial charge >= 0.3 is 0 Å². The van der Waals surface area contributed by atoms with Gasteiger partial charge in [-0.15, -0.1) is 11.3 Å². The summed E-state index contributed by atoms with van der Waals surface area (Å²) in [5.41, 5.74) is 2.09. The van der Waals surface area contributed by atoms with Crippen molar-refractivity contribution in [3.63, 3.8) is 0 Å². The molecular formula is C23H24ClN4OS2+. The van der Waals surface area contributed by atoms with Crippen LogP contribution >= 0.6 is 35.2 Å². The number of halogens is 1. The van der Waals surface area contributed by atoms with E-state index < -0.39 is 0 Å². The van der Waals surface area contributed by atoms with Crippen LogP contribution in [0, 0.1) is 4.77 Å². The molecule has 0 spiro atoms. The van der Waals surface area contributed by atoms with Gasteiger partial charge in [0.15, 0.2) is 4.77 Å². The number of thiophene rings is 1. The average Bonchev–Trinajstić information content (AvgIpc) is 3.15. The lowest BCUT2D eigenvalue weighted by Gasteiger charge is -2.33. The molecule has 5 nitrogen and oxygen atoms in total. The van der Waals surface area contributed by atoms with E-state index in [4.69, 9.17) is 23.8 Å². The van der Waals surface area contributed by atoms with Crippen molar-refractivity contribution < 1.29 is 4.90 Å². The second-order valence-corrected chi connectivity index (χ2v) is 9.89. The number of quaternary nitrogens is 1. The fourth-order valence-electron chi connectivity index (χ4n) is 4.40. The van der Waals surface area contributed by atoms with Crippen LogP contribution in [0.5, 0.6) is 0 Å². The van der Waals surface area contributed by atoms with Crippen molar-refractivity contribution in [1.29, 1.82) is 0 Å². The van der Waals surface area contributed by atoms with Crippen LogP contribution in [0.3, 0.4) is 0 Å². The van der Waals surface area contributed by atoms with E-state index in [1.807, 2.05) is 42.5 Å². The Balaban J connectivity index is 1.23. The topological polar surface area (TPSA) is 45.5 Å². The van der Waals surface area contributed by atoms with Crippen molar-refractivity contribution >= 4 is 61.1 Å². The minimum atomic E-state index is 0.0284. The predicted octanol–water partition coefficient (Wildman–Crippen LogP) is 3.72. The molecule has 0 atom stereocenters. The zero-order chi connectivity index (χ0) is 21.4. The maximum absolute atomic E-state index is 13.1. The third-order valence-electron chi connectivity index (χ3n) is 6.07. The highest BCUT2D eigenvalue weighted by molar-refractivity contribution is 7.71. The van der Waals surface area contributed by atoms with Gasteiger partial charge in [0.2, 0.25) is 0 Å². The van der Waals surface area contributed by atoms with Gasteiger partial charge in [0.1, 0.15) is 4.70 Å². The van der Waals surface area contributed by atoms with Gasteiger partial charge in [-0.05, 0) is 36.5 Å². The van der Waals surface area contributed by atoms with Crippen LogP contribution in [0.1, 0.15) is 6.42 Å². The van der Waals surface area contributed by atoms with Crippen molar-refractivity contribution in [2.75, 3.05) is 37.6 Å². The van der Waals surface area contributed by atoms with Gasteiger partial charge in [0.25, 0.3) is 5.56 Å². The summed E-state index contributed by atoms with van der Waals surface area (Å²) in [7, 11) is 0. The summed E-state index contributed by atoms with van der Waals surface area (Å²) in [5.74, 6) is 0. The second kappa shape index (κ2) is 8.74. The number of fused-ring (bicyclic) bond motifs is 3. The highest BCUT2D eigenvalue weighted by Crippen LogP contribution is 2.29. The zero-order valence-electron chi connectivity index (χ0n) is 17.1. The van der Waals surface area contributed by atoms with Crippen molar-refractivity contribution in [3.8, 4) is 0 Å². The monoisotopic (exact) mass is 471 g/mol. The molecule has 1 saturated heterocycles. The summed E-state index contributed by atoms with van der Waals surface area (Å²) in [6.07, 6.45) is 0.931. The standard InChI is InChI=1S/C23H23ClN4OS2/c24-16-5-3-6-17(15-16)27-13-11-26(12-14-27)9-4-10-28-22(29)21-20(25-23(28)30)18-7-1-2-8-19(18)31-21/h1-3,5-8,15H,4,9-14H2,(H,25,30)/p+1. The molecule has 1 aliphatic rings. The van der Waals surface area contributed by atoms with Crippen LogP contribution in [0.15, 0.2) is 53.3 Å². The first-order valence-electron chi connectivity index (χ1n) is 10.6. The molecule has 3 heterocycles. The van der Waals surface area contributed by atoms with Gasteiger partial charge in [-0.3, -0.25) is 9.36 Å². The van der Waals surface area contributed by atoms with Gasteiger partial charge in [-0.2, -0.15) is 0 Å². The lowest BCUT2D eigenvalue weighted by molar-refractivity contribution is -0.900. The molecule has 1 fully saturated rings. The summed E-state index contributed by atoms with van der Waals surface area (Å²) in [5, 5.41) is 1.85. The Hall–Kier alpha value is -2.19. The van der Waals surface area contributed by atoms with Gasteiger partial charge in [0, 0.05) is 33.8 Å². The first-order chi connectivity index (χ1) is 15.1. The maximum Gasteiger partial charge on any atom is 0.272 e. The number of anilines is 1. The molecule has 160 valence electrons. The number of piperazine rings is 1. The van der Waals surface area contributed by atoms with Crippen LogP contribution in [0.2, 0.25) is 5.02 Å². The highest BCUT2D eigenvalue weighted by atomic mass is 35.5. The molecule has 5 rings (SSSR count). The first kappa shape index (κ1) is 20.7. The largest absolute Gasteiger partial charge is 0.360 e. The number of aromatic amines is 1. The molecule has 31 heavy (non-hydrogen) atoms. The zero-order valence-corrected chi connectivity index (χ0v) is 19.5. The van der Waals surface area contributed by atoms with Crippen LogP contribution < -0.4 is 15.4 Å². The number of hydrogen-bond acceptors (Lipinski definition) is 4. The molecule has 2 aromatic carbocycles. The predicted molar refractivity (Wildman–Crippen MR) is 133 cm³/mol. The fourth-order valence-corrected chi connectivity index (χ4v) is 5.97. The van der Waals surface area contributed by atoms with Crippen LogP contribution in [0.25, 0.3) is 20.3 Å². The SMILES string of the molecule is O=c1c2sc3ccccc3c2[nH]c(=S)n1CCC[NH+]1CCN(c2cccc(Cl)c2)CC1. The molecule has 0 amide bonds. The molecule has 0 radical (unpaired) electrons. The van der Waals surface area contributed by atoms with Crippen LogP contribution in [-0.4, -0.2) is 42.3 Å². The third-order valence-corrected chi connectivity index (χ3v) is 7.78. The Bertz CT molecular complexity index is 1350. The first-order valence-corrected chi connectivity index (χ1v) is 12.2. The Labute approximate surface area is 194 Å². The average molecular weight is 472 g/mol. The van der Waals surface area contributed by atoms with E-state index in [1.165, 1.54) is 5.69 Å². The van der Waals surface area contributed by atoms with Crippen molar-refractivity contribution in [2.45, 2.75) is 13.0 Å². The molecule has 4 aromatic rings. The molecule has 0 saturated carbocycles. The smallest absolute Gasteiger partial charge is 0.272 e. The normalized spacial score (nSPS) is 15.2. The highest BCUT2D eigenvalue weighted by Gasteiger charge is 2.20. The number of H-pyrrole nitrogens is 1. The van der Waals surface area contributed by atoms with E-state index in [2.05, 4.69) is 16.0 Å².